The Morgan fingerprint density at radius 3 is 2.43 bits per heavy atom. The van der Waals surface area contributed by atoms with E-state index in [0.717, 1.165) is 24.3 Å². The summed E-state index contributed by atoms with van der Waals surface area (Å²) < 4.78 is 5.08. The molecule has 116 valence electrons. The number of rotatable bonds is 8. The first-order valence-corrected chi connectivity index (χ1v) is 7.81. The first-order valence-electron chi connectivity index (χ1n) is 7.40. The maximum absolute atomic E-state index is 11.7. The monoisotopic (exact) mass is 308 g/mol. The van der Waals surface area contributed by atoms with Gasteiger partial charge < -0.3 is 15.4 Å². The summed E-state index contributed by atoms with van der Waals surface area (Å²) in [7, 11) is 1.62. The average molecular weight is 308 g/mol. The third-order valence-corrected chi connectivity index (χ3v) is 3.31. The average Bonchev–Trinajstić information content (AvgIpc) is 2.47. The molecule has 0 heterocycles. The smallest absolute Gasteiger partial charge is 0.226 e. The molecule has 0 radical (unpaired) electrons. The molecular formula is C16H24N2O2S. The van der Waals surface area contributed by atoms with Gasteiger partial charge in [-0.25, -0.2) is 0 Å². The predicted octanol–water partition coefficient (Wildman–Crippen LogP) is 3.87. The second-order valence-corrected chi connectivity index (χ2v) is 5.30. The molecule has 0 aliphatic carbocycles. The number of ether oxygens (including phenoxy) is 1. The van der Waals surface area contributed by atoms with E-state index in [9.17, 15) is 4.79 Å². The van der Waals surface area contributed by atoms with Gasteiger partial charge in [0.15, 0.2) is 5.11 Å². The summed E-state index contributed by atoms with van der Waals surface area (Å²) in [6, 6.07) is 7.37. The van der Waals surface area contributed by atoms with E-state index in [-0.39, 0.29) is 5.91 Å². The van der Waals surface area contributed by atoms with Crippen molar-refractivity contribution in [2.45, 2.75) is 45.4 Å². The maximum Gasteiger partial charge on any atom is 0.226 e. The molecule has 21 heavy (non-hydrogen) atoms. The molecule has 0 unspecified atom stereocenters. The van der Waals surface area contributed by atoms with Crippen LogP contribution in [0.3, 0.4) is 0 Å². The Hall–Kier alpha value is -1.62. The second-order valence-electron chi connectivity index (χ2n) is 4.90. The van der Waals surface area contributed by atoms with Crippen molar-refractivity contribution in [1.82, 2.24) is 5.32 Å². The summed E-state index contributed by atoms with van der Waals surface area (Å²) >= 11 is 5.12. The molecule has 1 aromatic carbocycles. The van der Waals surface area contributed by atoms with Gasteiger partial charge in [-0.2, -0.15) is 0 Å². The van der Waals surface area contributed by atoms with Crippen molar-refractivity contribution in [2.75, 3.05) is 12.4 Å². The maximum atomic E-state index is 11.7. The fraction of sp³-hybridized carbons (Fsp3) is 0.500. The molecule has 1 amide bonds. The summed E-state index contributed by atoms with van der Waals surface area (Å²) in [5.74, 6) is 0.750. The first kappa shape index (κ1) is 17.4. The number of carbonyl (C=O) groups excluding carboxylic acids is 1. The Labute approximate surface area is 132 Å². The molecule has 0 saturated carbocycles. The molecular weight excluding hydrogens is 284 g/mol. The topological polar surface area (TPSA) is 50.4 Å². The van der Waals surface area contributed by atoms with E-state index >= 15 is 0 Å². The number of amides is 1. The number of thiocarbonyl (C=S) groups is 1. The quantitative estimate of drug-likeness (QED) is 0.565. The zero-order chi connectivity index (χ0) is 15.5. The van der Waals surface area contributed by atoms with Crippen molar-refractivity contribution in [2.24, 2.45) is 0 Å². The lowest BCUT2D eigenvalue weighted by Gasteiger charge is -2.10. The molecule has 5 heteroatoms. The highest BCUT2D eigenvalue weighted by Crippen LogP contribution is 2.14. The van der Waals surface area contributed by atoms with Crippen LogP contribution in [-0.2, 0) is 4.79 Å². The Kier molecular flexibility index (Phi) is 8.43. The van der Waals surface area contributed by atoms with Gasteiger partial charge in [0, 0.05) is 12.1 Å². The van der Waals surface area contributed by atoms with E-state index in [1.807, 2.05) is 24.3 Å². The molecule has 0 bridgehead atoms. The fourth-order valence-corrected chi connectivity index (χ4v) is 2.15. The summed E-state index contributed by atoms with van der Waals surface area (Å²) in [6.45, 7) is 2.18. The highest BCUT2D eigenvalue weighted by molar-refractivity contribution is 7.80. The third-order valence-electron chi connectivity index (χ3n) is 3.11. The molecule has 0 saturated heterocycles. The number of methoxy groups -OCH3 is 1. The molecule has 0 aliphatic rings. The summed E-state index contributed by atoms with van der Waals surface area (Å²) in [4.78, 5) is 11.7. The van der Waals surface area contributed by atoms with Crippen LogP contribution in [-0.4, -0.2) is 18.1 Å². The van der Waals surface area contributed by atoms with Crippen molar-refractivity contribution in [1.29, 1.82) is 0 Å². The van der Waals surface area contributed by atoms with Gasteiger partial charge in [-0.05, 0) is 42.9 Å². The van der Waals surface area contributed by atoms with Crippen LogP contribution in [0.4, 0.5) is 5.69 Å². The molecule has 0 aromatic heterocycles. The van der Waals surface area contributed by atoms with Gasteiger partial charge >= 0.3 is 0 Å². The van der Waals surface area contributed by atoms with Gasteiger partial charge in [0.1, 0.15) is 5.75 Å². The summed E-state index contributed by atoms with van der Waals surface area (Å²) in [5.41, 5.74) is 0.823. The minimum atomic E-state index is -0.0301. The largest absolute Gasteiger partial charge is 0.497 e. The standard InChI is InChI=1S/C16H24N2O2S/c1-3-4-5-6-7-8-15(19)18-16(21)17-13-9-11-14(20-2)12-10-13/h9-12H,3-8H2,1-2H3,(H2,17,18,19,21). The van der Waals surface area contributed by atoms with Gasteiger partial charge in [0.25, 0.3) is 0 Å². The fourth-order valence-electron chi connectivity index (χ4n) is 1.91. The highest BCUT2D eigenvalue weighted by atomic mass is 32.1. The number of carbonyl (C=O) groups is 1. The Morgan fingerprint density at radius 1 is 1.14 bits per heavy atom. The highest BCUT2D eigenvalue weighted by Gasteiger charge is 2.04. The van der Waals surface area contributed by atoms with E-state index in [4.69, 9.17) is 17.0 Å². The molecule has 1 rings (SSSR count). The Balaban J connectivity index is 2.24. The van der Waals surface area contributed by atoms with E-state index in [1.54, 1.807) is 7.11 Å². The summed E-state index contributed by atoms with van der Waals surface area (Å²) in [5, 5.41) is 6.01. The second kappa shape index (κ2) is 10.2. The van der Waals surface area contributed by atoms with Gasteiger partial charge in [-0.1, -0.05) is 32.6 Å². The van der Waals surface area contributed by atoms with Crippen molar-refractivity contribution in [3.63, 3.8) is 0 Å². The number of unbranched alkanes of at least 4 members (excludes halogenated alkanes) is 4. The van der Waals surface area contributed by atoms with Crippen LogP contribution in [0.2, 0.25) is 0 Å². The van der Waals surface area contributed by atoms with Crippen LogP contribution in [0, 0.1) is 0 Å². The van der Waals surface area contributed by atoms with Crippen LogP contribution >= 0.6 is 12.2 Å². The van der Waals surface area contributed by atoms with Gasteiger partial charge in [0.2, 0.25) is 5.91 Å². The lowest BCUT2D eigenvalue weighted by atomic mass is 10.1. The number of nitrogens with one attached hydrogen (secondary N) is 2. The SMILES string of the molecule is CCCCCCCC(=O)NC(=S)Nc1ccc(OC)cc1. The molecule has 1 aromatic rings. The Bertz CT molecular complexity index is 446. The first-order chi connectivity index (χ1) is 10.2. The third kappa shape index (κ3) is 7.66. The van der Waals surface area contributed by atoms with Crippen molar-refractivity contribution >= 4 is 28.9 Å². The van der Waals surface area contributed by atoms with E-state index in [0.29, 0.717) is 11.5 Å². The molecule has 4 nitrogen and oxygen atoms in total. The van der Waals surface area contributed by atoms with Gasteiger partial charge in [-0.3, -0.25) is 4.79 Å². The van der Waals surface area contributed by atoms with E-state index in [1.165, 1.54) is 19.3 Å². The van der Waals surface area contributed by atoms with Crippen LogP contribution in [0.5, 0.6) is 5.75 Å². The van der Waals surface area contributed by atoms with Gasteiger partial charge in [-0.15, -0.1) is 0 Å². The molecule has 2 N–H and O–H groups in total. The number of benzene rings is 1. The minimum Gasteiger partial charge on any atom is -0.497 e. The zero-order valence-corrected chi connectivity index (χ0v) is 13.6. The number of anilines is 1. The van der Waals surface area contributed by atoms with Crippen LogP contribution in [0.1, 0.15) is 45.4 Å². The number of hydrogen-bond donors (Lipinski definition) is 2. The normalized spacial score (nSPS) is 10.0. The predicted molar refractivity (Wildman–Crippen MR) is 90.7 cm³/mol. The van der Waals surface area contributed by atoms with Crippen LogP contribution in [0.15, 0.2) is 24.3 Å². The lowest BCUT2D eigenvalue weighted by molar-refractivity contribution is -0.119. The van der Waals surface area contributed by atoms with E-state index in [2.05, 4.69) is 17.6 Å². The molecule has 0 spiro atoms. The molecule has 0 atom stereocenters. The van der Waals surface area contributed by atoms with Crippen molar-refractivity contribution in [3.8, 4) is 5.75 Å². The molecule has 0 fully saturated rings. The Morgan fingerprint density at radius 2 is 1.81 bits per heavy atom. The van der Waals surface area contributed by atoms with Crippen molar-refractivity contribution in [3.05, 3.63) is 24.3 Å². The van der Waals surface area contributed by atoms with Crippen molar-refractivity contribution < 1.29 is 9.53 Å². The lowest BCUT2D eigenvalue weighted by Crippen LogP contribution is -2.33. The number of hydrogen-bond acceptors (Lipinski definition) is 3. The van der Waals surface area contributed by atoms with Crippen LogP contribution < -0.4 is 15.4 Å². The molecule has 0 aliphatic heterocycles. The zero-order valence-electron chi connectivity index (χ0n) is 12.8. The minimum absolute atomic E-state index is 0.0301. The van der Waals surface area contributed by atoms with E-state index < -0.39 is 0 Å². The van der Waals surface area contributed by atoms with Crippen LogP contribution in [0.25, 0.3) is 0 Å². The van der Waals surface area contributed by atoms with Gasteiger partial charge in [0.05, 0.1) is 7.11 Å². The summed E-state index contributed by atoms with van der Waals surface area (Å²) in [6.07, 6.45) is 6.17.